The Morgan fingerprint density at radius 3 is 2.01 bits per heavy atom. The summed E-state index contributed by atoms with van der Waals surface area (Å²) < 4.78 is 64.3. The summed E-state index contributed by atoms with van der Waals surface area (Å²) in [6.45, 7) is 6.68. The molecular formula is C56H53F4N7O3. The van der Waals surface area contributed by atoms with Gasteiger partial charge < -0.3 is 25.6 Å². The van der Waals surface area contributed by atoms with Gasteiger partial charge in [0.15, 0.2) is 16.9 Å². The number of nitrogens with zero attached hydrogens (tertiary/aromatic N) is 4. The largest absolute Gasteiger partial charge is 0.492 e. The van der Waals surface area contributed by atoms with Gasteiger partial charge in [0.2, 0.25) is 0 Å². The number of ether oxygens (including phenoxy) is 1. The number of carbonyl (C=O) groups excluding carboxylic acids is 1. The van der Waals surface area contributed by atoms with E-state index in [4.69, 9.17) is 9.72 Å². The van der Waals surface area contributed by atoms with Crippen LogP contribution in [-0.4, -0.2) is 34.0 Å². The molecule has 5 aromatic carbocycles. The minimum atomic E-state index is -4.84. The van der Waals surface area contributed by atoms with Gasteiger partial charge in [-0.1, -0.05) is 98.8 Å². The van der Waals surface area contributed by atoms with Gasteiger partial charge in [-0.25, -0.2) is 14.4 Å². The van der Waals surface area contributed by atoms with E-state index in [9.17, 15) is 27.2 Å². The highest BCUT2D eigenvalue weighted by Crippen LogP contribution is 2.39. The van der Waals surface area contributed by atoms with Crippen molar-refractivity contribution in [3.63, 3.8) is 0 Å². The zero-order chi connectivity index (χ0) is 49.6. The fourth-order valence-corrected chi connectivity index (χ4v) is 7.33. The average molecular weight is 948 g/mol. The molecule has 1 aliphatic rings. The first-order valence-electron chi connectivity index (χ1n) is 22.9. The van der Waals surface area contributed by atoms with E-state index in [0.717, 1.165) is 29.2 Å². The van der Waals surface area contributed by atoms with Crippen molar-refractivity contribution in [2.24, 2.45) is 5.92 Å². The third kappa shape index (κ3) is 12.8. The van der Waals surface area contributed by atoms with E-state index in [2.05, 4.69) is 20.9 Å². The highest BCUT2D eigenvalue weighted by atomic mass is 19.4. The first-order valence-corrected chi connectivity index (χ1v) is 22.9. The Bertz CT molecular complexity index is 3080. The number of alkyl halides is 3. The van der Waals surface area contributed by atoms with Gasteiger partial charge in [0.05, 0.1) is 17.7 Å². The summed E-state index contributed by atoms with van der Waals surface area (Å²) >= 11 is 0. The van der Waals surface area contributed by atoms with Crippen LogP contribution in [0.2, 0.25) is 0 Å². The lowest BCUT2D eigenvalue weighted by atomic mass is 10.0. The standard InChI is InChI=1S/C29H24F4N4O.C25H23N3O2.C2H6/c1-37(23-10-6-3-7-11-23)28-27(25(38)16-17-34-22-8-4-2-5-9-22)24(29(31,32)33)18-26(36-28)35-19-20-12-14-21(30)15-13-20;1-17-14-22(30-16-18-12-13-18)24-21(29)15-23(27-19-8-4-2-5-9-19)28(25(24)26-17)20-10-6-3-7-11-20;1-2/h2-18,34H,19H2,1H3,(H,35,36);2-11,14-15,18,27H,12-13,16H2,1H3;1-2H3/b17-16+;;. The maximum absolute atomic E-state index is 14.3. The Hall–Kier alpha value is -8.26. The van der Waals surface area contributed by atoms with Gasteiger partial charge in [0, 0.05) is 66.4 Å². The monoisotopic (exact) mass is 947 g/mol. The van der Waals surface area contributed by atoms with Crippen molar-refractivity contribution >= 4 is 51.3 Å². The van der Waals surface area contributed by atoms with Crippen molar-refractivity contribution in [1.82, 2.24) is 14.5 Å². The molecule has 358 valence electrons. The lowest BCUT2D eigenvalue weighted by molar-refractivity contribution is -0.137. The van der Waals surface area contributed by atoms with Crippen molar-refractivity contribution in [1.29, 1.82) is 0 Å². The molecule has 0 amide bonds. The molecule has 3 aromatic heterocycles. The van der Waals surface area contributed by atoms with E-state index in [1.807, 2.05) is 98.1 Å². The molecule has 10 nitrogen and oxygen atoms in total. The normalized spacial score (nSPS) is 12.0. The number of rotatable bonds is 15. The van der Waals surface area contributed by atoms with Gasteiger partial charge in [0.1, 0.15) is 34.4 Å². The molecule has 0 unspecified atom stereocenters. The number of aromatic nitrogens is 3. The summed E-state index contributed by atoms with van der Waals surface area (Å²) in [7, 11) is 1.55. The molecule has 1 saturated carbocycles. The lowest BCUT2D eigenvalue weighted by Gasteiger charge is -2.24. The number of nitrogens with one attached hydrogen (secondary N) is 3. The number of hydrogen-bond donors (Lipinski definition) is 3. The third-order valence-electron chi connectivity index (χ3n) is 10.9. The molecule has 0 radical (unpaired) electrons. The van der Waals surface area contributed by atoms with Crippen LogP contribution < -0.4 is 31.0 Å². The number of benzene rings is 5. The fourth-order valence-electron chi connectivity index (χ4n) is 7.33. The Morgan fingerprint density at radius 1 is 0.800 bits per heavy atom. The number of pyridine rings is 3. The number of para-hydroxylation sites is 4. The molecule has 0 bridgehead atoms. The second-order valence-corrected chi connectivity index (χ2v) is 16.1. The second-order valence-electron chi connectivity index (χ2n) is 16.1. The number of halogens is 4. The van der Waals surface area contributed by atoms with Crippen molar-refractivity contribution in [2.45, 2.75) is 46.3 Å². The fraction of sp³-hybridized carbons (Fsp3) is 0.179. The van der Waals surface area contributed by atoms with Crippen LogP contribution in [0.4, 0.5) is 52.1 Å². The number of carbonyl (C=O) groups is 1. The molecule has 0 saturated heterocycles. The summed E-state index contributed by atoms with van der Waals surface area (Å²) in [5.41, 5.74) is 3.29. The van der Waals surface area contributed by atoms with E-state index < -0.39 is 28.9 Å². The first kappa shape index (κ1) is 49.6. The molecule has 8 aromatic rings. The van der Waals surface area contributed by atoms with E-state index in [0.29, 0.717) is 52.1 Å². The smallest absolute Gasteiger partial charge is 0.417 e. The van der Waals surface area contributed by atoms with Crippen molar-refractivity contribution < 1.29 is 27.1 Å². The molecule has 9 rings (SSSR count). The van der Waals surface area contributed by atoms with Crippen molar-refractivity contribution in [3.8, 4) is 11.4 Å². The van der Waals surface area contributed by atoms with Crippen molar-refractivity contribution in [2.75, 3.05) is 34.5 Å². The van der Waals surface area contributed by atoms with Gasteiger partial charge in [-0.3, -0.25) is 14.2 Å². The van der Waals surface area contributed by atoms with Crippen LogP contribution >= 0.6 is 0 Å². The van der Waals surface area contributed by atoms with Crippen LogP contribution in [0.25, 0.3) is 16.7 Å². The van der Waals surface area contributed by atoms with E-state index in [-0.39, 0.29) is 23.6 Å². The predicted molar refractivity (Wildman–Crippen MR) is 272 cm³/mol. The average Bonchev–Trinajstić information content (AvgIpc) is 4.21. The molecule has 1 aliphatic carbocycles. The molecule has 0 aliphatic heterocycles. The van der Waals surface area contributed by atoms with E-state index in [1.165, 1.54) is 48.2 Å². The highest BCUT2D eigenvalue weighted by molar-refractivity contribution is 6.10. The van der Waals surface area contributed by atoms with E-state index >= 15 is 0 Å². The number of anilines is 6. The second kappa shape index (κ2) is 23.2. The number of aryl methyl sites for hydroxylation is 1. The highest BCUT2D eigenvalue weighted by Gasteiger charge is 2.38. The van der Waals surface area contributed by atoms with Gasteiger partial charge in [-0.15, -0.1) is 0 Å². The van der Waals surface area contributed by atoms with Crippen LogP contribution in [0.3, 0.4) is 0 Å². The molecule has 14 heteroatoms. The van der Waals surface area contributed by atoms with Crippen LogP contribution in [0.15, 0.2) is 181 Å². The summed E-state index contributed by atoms with van der Waals surface area (Å²) in [4.78, 5) is 37.0. The summed E-state index contributed by atoms with van der Waals surface area (Å²) in [6.07, 6.45) is -0.103. The third-order valence-corrected chi connectivity index (χ3v) is 10.9. The zero-order valence-corrected chi connectivity index (χ0v) is 39.2. The number of hydrogen-bond acceptors (Lipinski definition) is 9. The SMILES string of the molecule is CC.CN(c1ccccc1)c1nc(NCc2ccc(F)cc2)cc(C(F)(F)F)c1C(=O)/C=C/Nc1ccccc1.Cc1cc(OCC2CC2)c2c(=O)cc(Nc3ccccc3)n(-c3ccccc3)c2n1. The Morgan fingerprint density at radius 2 is 1.40 bits per heavy atom. The quantitative estimate of drug-likeness (QED) is 0.0525. The molecule has 1 fully saturated rings. The van der Waals surface area contributed by atoms with Crippen LogP contribution in [0.5, 0.6) is 5.75 Å². The molecular weight excluding hydrogens is 895 g/mol. The summed E-state index contributed by atoms with van der Waals surface area (Å²) in [6, 6.07) is 47.2. The minimum Gasteiger partial charge on any atom is -0.492 e. The summed E-state index contributed by atoms with van der Waals surface area (Å²) in [5.74, 6) is 0.349. The van der Waals surface area contributed by atoms with E-state index in [1.54, 1.807) is 67.7 Å². The maximum Gasteiger partial charge on any atom is 0.417 e. The van der Waals surface area contributed by atoms with Crippen molar-refractivity contribution in [3.05, 3.63) is 214 Å². The van der Waals surface area contributed by atoms with Gasteiger partial charge in [-0.2, -0.15) is 13.2 Å². The number of allylic oxidation sites excluding steroid dienone is 1. The van der Waals surface area contributed by atoms with Gasteiger partial charge >= 0.3 is 6.18 Å². The topological polar surface area (TPSA) is 113 Å². The molecule has 0 spiro atoms. The minimum absolute atomic E-state index is 0.0811. The Labute approximate surface area is 404 Å². The summed E-state index contributed by atoms with van der Waals surface area (Å²) in [5, 5.41) is 9.65. The molecule has 70 heavy (non-hydrogen) atoms. The zero-order valence-electron chi connectivity index (χ0n) is 39.2. The molecule has 0 atom stereocenters. The van der Waals surface area contributed by atoms with Gasteiger partial charge in [-0.05, 0) is 98.0 Å². The lowest BCUT2D eigenvalue weighted by Crippen LogP contribution is -2.22. The Balaban J connectivity index is 0.000000204. The maximum atomic E-state index is 14.3. The molecule has 3 heterocycles. The first-order chi connectivity index (χ1) is 33.9. The molecule has 3 N–H and O–H groups in total. The predicted octanol–water partition coefficient (Wildman–Crippen LogP) is 13.7. The van der Waals surface area contributed by atoms with Crippen LogP contribution in [0, 0.1) is 18.7 Å². The number of ketones is 1. The Kier molecular flexibility index (Phi) is 16.4. The van der Waals surface area contributed by atoms with Crippen LogP contribution in [0.1, 0.15) is 53.9 Å². The number of fused-ring (bicyclic) bond motifs is 1. The van der Waals surface area contributed by atoms with Crippen LogP contribution in [-0.2, 0) is 12.7 Å². The van der Waals surface area contributed by atoms with Gasteiger partial charge in [0.25, 0.3) is 0 Å².